The van der Waals surface area contributed by atoms with Gasteiger partial charge in [-0.05, 0) is 38.7 Å². The van der Waals surface area contributed by atoms with Gasteiger partial charge in [-0.15, -0.1) is 0 Å². The van der Waals surface area contributed by atoms with Gasteiger partial charge in [-0.3, -0.25) is 0 Å². The van der Waals surface area contributed by atoms with Crippen LogP contribution in [0.1, 0.15) is 24.1 Å². The highest BCUT2D eigenvalue weighted by atomic mass is 16.5. The number of ether oxygens (including phenoxy) is 1. The van der Waals surface area contributed by atoms with E-state index in [1.807, 2.05) is 33.2 Å². The highest BCUT2D eigenvalue weighted by Gasteiger charge is 2.09. The Hall–Kier alpha value is -1.10. The van der Waals surface area contributed by atoms with Crippen LogP contribution in [0.3, 0.4) is 0 Å². The van der Waals surface area contributed by atoms with E-state index in [2.05, 4.69) is 11.0 Å². The quantitative estimate of drug-likeness (QED) is 0.778. The Kier molecular flexibility index (Phi) is 5.41. The highest BCUT2D eigenvalue weighted by Crippen LogP contribution is 2.23. The summed E-state index contributed by atoms with van der Waals surface area (Å²) in [4.78, 5) is 2.11. The monoisotopic (exact) mass is 237 g/mol. The van der Waals surface area contributed by atoms with Crippen molar-refractivity contribution >= 4 is 0 Å². The summed E-state index contributed by atoms with van der Waals surface area (Å²) in [5.41, 5.74) is 13.7. The van der Waals surface area contributed by atoms with Crippen LogP contribution in [0, 0.1) is 0 Å². The minimum absolute atomic E-state index is 0.105. The normalized spacial score (nSPS) is 12.8. The van der Waals surface area contributed by atoms with Crippen molar-refractivity contribution in [1.82, 2.24) is 4.90 Å². The highest BCUT2D eigenvalue weighted by molar-refractivity contribution is 5.38. The topological polar surface area (TPSA) is 64.5 Å². The van der Waals surface area contributed by atoms with Crippen LogP contribution in [0.4, 0.5) is 0 Å². The van der Waals surface area contributed by atoms with E-state index >= 15 is 0 Å². The van der Waals surface area contributed by atoms with Crippen LogP contribution < -0.4 is 16.2 Å². The molecule has 1 aromatic rings. The molecule has 0 spiro atoms. The molecule has 0 saturated carbocycles. The minimum atomic E-state index is -0.105. The summed E-state index contributed by atoms with van der Waals surface area (Å²) in [6, 6.07) is 5.95. The van der Waals surface area contributed by atoms with Gasteiger partial charge >= 0.3 is 0 Å². The van der Waals surface area contributed by atoms with Gasteiger partial charge in [-0.25, -0.2) is 0 Å². The van der Waals surface area contributed by atoms with Crippen molar-refractivity contribution in [3.05, 3.63) is 29.3 Å². The molecule has 0 aromatic heterocycles. The van der Waals surface area contributed by atoms with Gasteiger partial charge in [0.2, 0.25) is 0 Å². The molecule has 1 rings (SSSR count). The van der Waals surface area contributed by atoms with Crippen molar-refractivity contribution in [3.8, 4) is 5.75 Å². The van der Waals surface area contributed by atoms with Crippen LogP contribution in [-0.2, 0) is 6.54 Å². The van der Waals surface area contributed by atoms with Crippen LogP contribution in [0.2, 0.25) is 0 Å². The zero-order chi connectivity index (χ0) is 12.8. The van der Waals surface area contributed by atoms with E-state index in [4.69, 9.17) is 16.2 Å². The van der Waals surface area contributed by atoms with Crippen LogP contribution in [-0.4, -0.2) is 32.1 Å². The van der Waals surface area contributed by atoms with Gasteiger partial charge in [0, 0.05) is 24.7 Å². The van der Waals surface area contributed by atoms with Gasteiger partial charge in [0.05, 0.1) is 6.61 Å². The summed E-state index contributed by atoms with van der Waals surface area (Å²) in [5, 5.41) is 0. The van der Waals surface area contributed by atoms with E-state index in [0.717, 1.165) is 23.4 Å². The first-order valence-electron chi connectivity index (χ1n) is 5.94. The summed E-state index contributed by atoms with van der Waals surface area (Å²) >= 11 is 0. The summed E-state index contributed by atoms with van der Waals surface area (Å²) in [6.45, 7) is 3.94. The first kappa shape index (κ1) is 14.0. The number of hydrogen-bond donors (Lipinski definition) is 2. The number of nitrogens with two attached hydrogens (primary N) is 2. The van der Waals surface area contributed by atoms with Crippen molar-refractivity contribution in [1.29, 1.82) is 0 Å². The maximum atomic E-state index is 5.94. The zero-order valence-electron chi connectivity index (χ0n) is 10.9. The molecule has 4 nitrogen and oxygen atoms in total. The van der Waals surface area contributed by atoms with Crippen molar-refractivity contribution in [2.45, 2.75) is 19.5 Å². The third-order valence-electron chi connectivity index (χ3n) is 2.55. The van der Waals surface area contributed by atoms with Crippen LogP contribution >= 0.6 is 0 Å². The van der Waals surface area contributed by atoms with E-state index in [-0.39, 0.29) is 6.04 Å². The Morgan fingerprint density at radius 2 is 2.06 bits per heavy atom. The van der Waals surface area contributed by atoms with Crippen molar-refractivity contribution in [3.63, 3.8) is 0 Å². The van der Waals surface area contributed by atoms with Crippen molar-refractivity contribution in [2.24, 2.45) is 11.5 Å². The molecule has 0 amide bonds. The molecular formula is C13H23N3O. The first-order valence-corrected chi connectivity index (χ1v) is 5.94. The number of rotatable bonds is 6. The molecule has 1 atom stereocenters. The second-order valence-corrected chi connectivity index (χ2v) is 4.38. The Morgan fingerprint density at radius 1 is 1.35 bits per heavy atom. The molecule has 96 valence electrons. The predicted molar refractivity (Wildman–Crippen MR) is 71.0 cm³/mol. The zero-order valence-corrected chi connectivity index (χ0v) is 10.9. The summed E-state index contributed by atoms with van der Waals surface area (Å²) in [7, 11) is 4.07. The molecule has 4 heteroatoms. The Balaban J connectivity index is 3.00. The van der Waals surface area contributed by atoms with Gasteiger partial charge in [0.15, 0.2) is 0 Å². The molecule has 1 aromatic carbocycles. The first-order chi connectivity index (χ1) is 8.08. The smallest absolute Gasteiger partial charge is 0.123 e. The third-order valence-corrected chi connectivity index (χ3v) is 2.55. The second kappa shape index (κ2) is 6.59. The minimum Gasteiger partial charge on any atom is -0.494 e. The SMILES string of the molecule is CCOc1ccc([C@@H](N)CN)cc1CN(C)C. The van der Waals surface area contributed by atoms with E-state index in [1.165, 1.54) is 0 Å². The molecule has 0 bridgehead atoms. The Labute approximate surface area is 104 Å². The molecule has 0 saturated heterocycles. The molecule has 0 unspecified atom stereocenters. The van der Waals surface area contributed by atoms with E-state index in [1.54, 1.807) is 0 Å². The molecule has 0 aliphatic heterocycles. The van der Waals surface area contributed by atoms with Crippen LogP contribution in [0.15, 0.2) is 18.2 Å². The van der Waals surface area contributed by atoms with Crippen molar-refractivity contribution in [2.75, 3.05) is 27.2 Å². The second-order valence-electron chi connectivity index (χ2n) is 4.38. The number of hydrogen-bond acceptors (Lipinski definition) is 4. The molecular weight excluding hydrogens is 214 g/mol. The lowest BCUT2D eigenvalue weighted by Gasteiger charge is -2.17. The molecule has 0 radical (unpaired) electrons. The third kappa shape index (κ3) is 4.00. The maximum Gasteiger partial charge on any atom is 0.123 e. The Bertz CT molecular complexity index is 353. The maximum absolute atomic E-state index is 5.94. The molecule has 0 fully saturated rings. The van der Waals surface area contributed by atoms with Gasteiger partial charge in [0.25, 0.3) is 0 Å². The number of benzene rings is 1. The predicted octanol–water partition coefficient (Wildman–Crippen LogP) is 1.11. The van der Waals surface area contributed by atoms with Crippen LogP contribution in [0.5, 0.6) is 5.75 Å². The fourth-order valence-electron chi connectivity index (χ4n) is 1.73. The van der Waals surface area contributed by atoms with Gasteiger partial charge in [-0.1, -0.05) is 6.07 Å². The summed E-state index contributed by atoms with van der Waals surface area (Å²) in [5.74, 6) is 0.925. The van der Waals surface area contributed by atoms with Crippen LogP contribution in [0.25, 0.3) is 0 Å². The lowest BCUT2D eigenvalue weighted by molar-refractivity contribution is 0.324. The molecule has 0 heterocycles. The summed E-state index contributed by atoms with van der Waals surface area (Å²) in [6.07, 6.45) is 0. The van der Waals surface area contributed by atoms with Gasteiger partial charge < -0.3 is 21.1 Å². The van der Waals surface area contributed by atoms with Gasteiger partial charge in [-0.2, -0.15) is 0 Å². The average molecular weight is 237 g/mol. The summed E-state index contributed by atoms with van der Waals surface area (Å²) < 4.78 is 5.61. The Morgan fingerprint density at radius 3 is 2.59 bits per heavy atom. The van der Waals surface area contributed by atoms with Gasteiger partial charge in [0.1, 0.15) is 5.75 Å². The molecule has 17 heavy (non-hydrogen) atoms. The van der Waals surface area contributed by atoms with Crippen molar-refractivity contribution < 1.29 is 4.74 Å². The van der Waals surface area contributed by atoms with E-state index in [0.29, 0.717) is 13.2 Å². The fourth-order valence-corrected chi connectivity index (χ4v) is 1.73. The standard InChI is InChI=1S/C13H23N3O/c1-4-17-13-6-5-10(12(15)8-14)7-11(13)9-16(2)3/h5-7,12H,4,8-9,14-15H2,1-3H3/t12-/m0/s1. The number of nitrogens with zero attached hydrogens (tertiary/aromatic N) is 1. The largest absolute Gasteiger partial charge is 0.494 e. The lowest BCUT2D eigenvalue weighted by atomic mass is 10.0. The average Bonchev–Trinajstić information content (AvgIpc) is 2.30. The fraction of sp³-hybridized carbons (Fsp3) is 0.538. The lowest BCUT2D eigenvalue weighted by Crippen LogP contribution is -2.21. The van der Waals surface area contributed by atoms with E-state index < -0.39 is 0 Å². The molecule has 0 aliphatic carbocycles. The van der Waals surface area contributed by atoms with E-state index in [9.17, 15) is 0 Å². The molecule has 4 N–H and O–H groups in total. The molecule has 0 aliphatic rings.